The summed E-state index contributed by atoms with van der Waals surface area (Å²) in [6.45, 7) is 7.91. The third-order valence-electron chi connectivity index (χ3n) is 4.87. The highest BCUT2D eigenvalue weighted by molar-refractivity contribution is 7.99. The van der Waals surface area contributed by atoms with Gasteiger partial charge in [-0.25, -0.2) is 0 Å². The number of hydrogen-bond donors (Lipinski definition) is 0. The predicted molar refractivity (Wildman–Crippen MR) is 109 cm³/mol. The van der Waals surface area contributed by atoms with E-state index in [0.29, 0.717) is 31.4 Å². The number of amides is 1. The number of hydrogen-bond acceptors (Lipinski definition) is 7. The fourth-order valence-electron chi connectivity index (χ4n) is 3.41. The van der Waals surface area contributed by atoms with Gasteiger partial charge in [0.25, 0.3) is 0 Å². The highest BCUT2D eigenvalue weighted by Gasteiger charge is 2.29. The van der Waals surface area contributed by atoms with Gasteiger partial charge in [-0.1, -0.05) is 25.6 Å². The molecule has 3 rings (SSSR count). The number of esters is 1. The molecule has 1 saturated heterocycles. The van der Waals surface area contributed by atoms with Crippen molar-refractivity contribution in [2.24, 2.45) is 5.92 Å². The van der Waals surface area contributed by atoms with E-state index >= 15 is 0 Å². The minimum Gasteiger partial charge on any atom is -0.467 e. The van der Waals surface area contributed by atoms with Crippen LogP contribution in [0.25, 0.3) is 0 Å². The number of carbonyl (C=O) groups is 2. The number of carbonyl (C=O) groups excluding carboxylic acids is 2. The van der Waals surface area contributed by atoms with Gasteiger partial charge in [0.1, 0.15) is 11.6 Å². The Hall–Kier alpha value is -2.29. The molecule has 1 atom stereocenters. The van der Waals surface area contributed by atoms with E-state index in [1.807, 2.05) is 16.7 Å². The van der Waals surface area contributed by atoms with Crippen molar-refractivity contribution < 1.29 is 18.7 Å². The van der Waals surface area contributed by atoms with Gasteiger partial charge >= 0.3 is 5.97 Å². The quantitative estimate of drug-likeness (QED) is 0.479. The van der Waals surface area contributed by atoms with Gasteiger partial charge in [-0.15, -0.1) is 10.2 Å². The molecule has 0 spiro atoms. The minimum absolute atomic E-state index is 0.00245. The molecule has 0 bridgehead atoms. The Kier molecular flexibility index (Phi) is 7.35. The molecule has 0 radical (unpaired) electrons. The van der Waals surface area contributed by atoms with Crippen LogP contribution in [-0.2, 0) is 20.9 Å². The van der Waals surface area contributed by atoms with Crippen molar-refractivity contribution in [1.82, 2.24) is 19.7 Å². The van der Waals surface area contributed by atoms with Crippen LogP contribution in [-0.4, -0.2) is 57.0 Å². The highest BCUT2D eigenvalue weighted by Crippen LogP contribution is 2.24. The lowest BCUT2D eigenvalue weighted by Gasteiger charge is -2.31. The van der Waals surface area contributed by atoms with Gasteiger partial charge in [0.05, 0.1) is 31.1 Å². The smallest absolute Gasteiger partial charge is 0.310 e. The van der Waals surface area contributed by atoms with Crippen LogP contribution in [0.15, 0.2) is 28.0 Å². The zero-order valence-corrected chi connectivity index (χ0v) is 18.0. The Labute approximate surface area is 175 Å². The summed E-state index contributed by atoms with van der Waals surface area (Å²) in [5.41, 5.74) is 0. The van der Waals surface area contributed by atoms with Crippen molar-refractivity contribution in [3.8, 4) is 0 Å². The maximum absolute atomic E-state index is 12.7. The summed E-state index contributed by atoms with van der Waals surface area (Å²) in [6, 6.07) is 3.76. The molecule has 9 heteroatoms. The largest absolute Gasteiger partial charge is 0.467 e. The van der Waals surface area contributed by atoms with Crippen LogP contribution in [0.4, 0.5) is 0 Å². The average molecular weight is 421 g/mol. The second kappa shape index (κ2) is 9.96. The molecule has 1 aliphatic heterocycles. The van der Waals surface area contributed by atoms with Gasteiger partial charge in [-0.3, -0.25) is 14.2 Å². The van der Waals surface area contributed by atoms with E-state index in [0.717, 1.165) is 24.4 Å². The lowest BCUT2D eigenvalue weighted by atomic mass is 9.98. The Morgan fingerprint density at radius 3 is 2.90 bits per heavy atom. The van der Waals surface area contributed by atoms with Crippen LogP contribution >= 0.6 is 11.8 Å². The average Bonchev–Trinajstić information content (AvgIpc) is 3.37. The topological polar surface area (TPSA) is 90.5 Å². The Bertz CT molecular complexity index is 819. The molecule has 29 heavy (non-hydrogen) atoms. The number of nitrogens with zero attached hydrogens (tertiary/aromatic N) is 4. The molecule has 0 aliphatic carbocycles. The summed E-state index contributed by atoms with van der Waals surface area (Å²) in [5, 5.41) is 9.29. The molecular weight excluding hydrogens is 392 g/mol. The van der Waals surface area contributed by atoms with E-state index in [9.17, 15) is 9.59 Å². The molecule has 8 nitrogen and oxygen atoms in total. The fraction of sp³-hybridized carbons (Fsp3) is 0.600. The number of furan rings is 1. The van der Waals surface area contributed by atoms with Gasteiger partial charge in [-0.05, 0) is 31.9 Å². The maximum Gasteiger partial charge on any atom is 0.310 e. The first-order valence-electron chi connectivity index (χ1n) is 10.0. The molecule has 1 fully saturated rings. The van der Waals surface area contributed by atoms with Crippen LogP contribution in [0.5, 0.6) is 0 Å². The molecular formula is C20H28N4O4S. The summed E-state index contributed by atoms with van der Waals surface area (Å²) >= 11 is 1.37. The highest BCUT2D eigenvalue weighted by atomic mass is 32.2. The number of ether oxygens (including phenoxy) is 1. The van der Waals surface area contributed by atoms with E-state index in [1.165, 1.54) is 11.8 Å². The second-order valence-corrected chi connectivity index (χ2v) is 8.32. The number of thioether (sulfide) groups is 1. The molecule has 0 N–H and O–H groups in total. The number of piperidine rings is 1. The molecule has 1 aliphatic rings. The Balaban J connectivity index is 1.63. The van der Waals surface area contributed by atoms with E-state index in [4.69, 9.17) is 9.15 Å². The normalized spacial score (nSPS) is 17.0. The summed E-state index contributed by atoms with van der Waals surface area (Å²) in [7, 11) is 0. The van der Waals surface area contributed by atoms with Gasteiger partial charge in [0.15, 0.2) is 5.16 Å². The number of rotatable bonds is 8. The molecule has 0 saturated carbocycles. The van der Waals surface area contributed by atoms with Crippen molar-refractivity contribution in [3.05, 3.63) is 30.0 Å². The first-order chi connectivity index (χ1) is 14.0. The monoisotopic (exact) mass is 420 g/mol. The molecule has 1 unspecified atom stereocenters. The van der Waals surface area contributed by atoms with Crippen LogP contribution in [0.1, 0.15) is 51.1 Å². The first-order valence-corrected chi connectivity index (χ1v) is 11.0. The molecule has 0 aromatic carbocycles. The number of likely N-dealkylation sites (tertiary alicyclic amines) is 1. The Morgan fingerprint density at radius 1 is 1.38 bits per heavy atom. The van der Waals surface area contributed by atoms with Crippen LogP contribution in [0.3, 0.4) is 0 Å². The van der Waals surface area contributed by atoms with Crippen LogP contribution in [0.2, 0.25) is 0 Å². The van der Waals surface area contributed by atoms with Crippen molar-refractivity contribution >= 4 is 23.6 Å². The van der Waals surface area contributed by atoms with Crippen LogP contribution < -0.4 is 0 Å². The van der Waals surface area contributed by atoms with Crippen molar-refractivity contribution in [1.29, 1.82) is 0 Å². The van der Waals surface area contributed by atoms with Crippen LogP contribution in [0, 0.1) is 5.92 Å². The third-order valence-corrected chi connectivity index (χ3v) is 5.83. The minimum atomic E-state index is -0.229. The Morgan fingerprint density at radius 2 is 2.21 bits per heavy atom. The molecule has 158 valence electrons. The summed E-state index contributed by atoms with van der Waals surface area (Å²) in [5.74, 6) is 1.69. The summed E-state index contributed by atoms with van der Waals surface area (Å²) in [4.78, 5) is 26.5. The lowest BCUT2D eigenvalue weighted by Crippen LogP contribution is -2.43. The first kappa shape index (κ1) is 21.4. The molecule has 2 aromatic rings. The third kappa shape index (κ3) is 5.41. The van der Waals surface area contributed by atoms with Gasteiger partial charge < -0.3 is 14.1 Å². The lowest BCUT2D eigenvalue weighted by molar-refractivity contribution is -0.151. The van der Waals surface area contributed by atoms with E-state index in [1.54, 1.807) is 18.1 Å². The fourth-order valence-corrected chi connectivity index (χ4v) is 4.26. The van der Waals surface area contributed by atoms with Gasteiger partial charge in [0, 0.05) is 19.0 Å². The SMILES string of the molecule is CCOC(=O)C1CCCN(C(=O)CSc2nnc(C(C)C)n2Cc2ccco2)C1. The van der Waals surface area contributed by atoms with Crippen molar-refractivity contribution in [2.75, 3.05) is 25.4 Å². The van der Waals surface area contributed by atoms with Gasteiger partial charge in [0.2, 0.25) is 5.91 Å². The molecule has 2 aromatic heterocycles. The van der Waals surface area contributed by atoms with E-state index in [2.05, 4.69) is 24.0 Å². The molecule has 3 heterocycles. The maximum atomic E-state index is 12.7. The zero-order valence-electron chi connectivity index (χ0n) is 17.2. The van der Waals surface area contributed by atoms with Crippen molar-refractivity contribution in [2.45, 2.75) is 51.2 Å². The molecule has 1 amide bonds. The standard InChI is InChI=1S/C20H28N4O4S/c1-4-27-19(26)15-7-5-9-23(11-15)17(25)13-29-20-22-21-18(14(2)3)24(20)12-16-8-6-10-28-16/h6,8,10,14-15H,4-5,7,9,11-13H2,1-3H3. The predicted octanol–water partition coefficient (Wildman–Crippen LogP) is 2.94. The summed E-state index contributed by atoms with van der Waals surface area (Å²) < 4.78 is 12.6. The van der Waals surface area contributed by atoms with Gasteiger partial charge in [-0.2, -0.15) is 0 Å². The van der Waals surface area contributed by atoms with E-state index < -0.39 is 0 Å². The second-order valence-electron chi connectivity index (χ2n) is 7.38. The van der Waals surface area contributed by atoms with E-state index in [-0.39, 0.29) is 29.5 Å². The van der Waals surface area contributed by atoms with Crippen molar-refractivity contribution in [3.63, 3.8) is 0 Å². The summed E-state index contributed by atoms with van der Waals surface area (Å²) in [6.07, 6.45) is 3.22. The number of aromatic nitrogens is 3. The zero-order chi connectivity index (χ0) is 20.8.